The summed E-state index contributed by atoms with van der Waals surface area (Å²) in [4.78, 5) is 24.9. The molecule has 2 saturated carbocycles. The van der Waals surface area contributed by atoms with Gasteiger partial charge in [0, 0.05) is 30.5 Å². The van der Waals surface area contributed by atoms with Gasteiger partial charge in [-0.15, -0.1) is 0 Å². The average Bonchev–Trinajstić information content (AvgIpc) is 3.34. The van der Waals surface area contributed by atoms with Crippen molar-refractivity contribution in [3.05, 3.63) is 12.1 Å². The number of anilines is 2. The van der Waals surface area contributed by atoms with Crippen LogP contribution in [0.4, 0.5) is 11.4 Å². The largest absolute Gasteiger partial charge is 0.454 e. The number of rotatable bonds is 5. The van der Waals surface area contributed by atoms with Crippen LogP contribution in [0.25, 0.3) is 0 Å². The Hall–Kier alpha value is -2.44. The Morgan fingerprint density at radius 3 is 2.39 bits per heavy atom. The van der Waals surface area contributed by atoms with Crippen LogP contribution < -0.4 is 25.8 Å². The second-order valence-corrected chi connectivity index (χ2v) is 8.25. The normalized spacial score (nSPS) is 24.1. The van der Waals surface area contributed by atoms with Crippen molar-refractivity contribution >= 4 is 23.2 Å². The van der Waals surface area contributed by atoms with Gasteiger partial charge in [0.15, 0.2) is 11.5 Å². The maximum Gasteiger partial charge on any atom is 0.231 e. The summed E-state index contributed by atoms with van der Waals surface area (Å²) in [6.45, 7) is 0.169. The molecule has 28 heavy (non-hydrogen) atoms. The molecule has 4 N–H and O–H groups in total. The molecule has 4 rings (SSSR count). The lowest BCUT2D eigenvalue weighted by Gasteiger charge is -2.29. The second-order valence-electron chi connectivity index (χ2n) is 8.25. The molecule has 0 bridgehead atoms. The number of fused-ring (bicyclic) bond motifs is 1. The lowest BCUT2D eigenvalue weighted by Crippen LogP contribution is -2.40. The van der Waals surface area contributed by atoms with Crippen molar-refractivity contribution in [2.24, 2.45) is 11.8 Å². The van der Waals surface area contributed by atoms with E-state index in [1.807, 2.05) is 0 Å². The van der Waals surface area contributed by atoms with Crippen molar-refractivity contribution in [2.45, 2.75) is 63.8 Å². The maximum absolute atomic E-state index is 12.7. The molecule has 0 radical (unpaired) electrons. The van der Waals surface area contributed by atoms with Gasteiger partial charge in [-0.25, -0.2) is 0 Å². The molecule has 2 aliphatic carbocycles. The van der Waals surface area contributed by atoms with E-state index in [9.17, 15) is 9.59 Å². The minimum Gasteiger partial charge on any atom is -0.454 e. The molecule has 152 valence electrons. The first-order valence-electron chi connectivity index (χ1n) is 10.4. The smallest absolute Gasteiger partial charge is 0.231 e. The predicted molar refractivity (Wildman–Crippen MR) is 106 cm³/mol. The summed E-state index contributed by atoms with van der Waals surface area (Å²) >= 11 is 0. The summed E-state index contributed by atoms with van der Waals surface area (Å²) in [6, 6.07) is 3.58. The zero-order chi connectivity index (χ0) is 19.5. The molecule has 1 heterocycles. The van der Waals surface area contributed by atoms with E-state index in [1.54, 1.807) is 12.1 Å². The molecule has 2 fully saturated rings. The minimum atomic E-state index is -0.0622. The summed E-state index contributed by atoms with van der Waals surface area (Å²) in [7, 11) is 0. The van der Waals surface area contributed by atoms with Crippen LogP contribution in [0.15, 0.2) is 12.1 Å². The highest BCUT2D eigenvalue weighted by atomic mass is 16.7. The highest BCUT2D eigenvalue weighted by molar-refractivity contribution is 5.96. The van der Waals surface area contributed by atoms with Gasteiger partial charge < -0.3 is 25.8 Å². The summed E-state index contributed by atoms with van der Waals surface area (Å²) in [5.41, 5.74) is 7.04. The molecule has 0 aromatic heterocycles. The first-order valence-corrected chi connectivity index (χ1v) is 10.4. The average molecular weight is 387 g/mol. The minimum absolute atomic E-state index is 0.0266. The van der Waals surface area contributed by atoms with Gasteiger partial charge >= 0.3 is 0 Å². The van der Waals surface area contributed by atoms with Crippen LogP contribution in [-0.4, -0.2) is 24.6 Å². The molecule has 7 heteroatoms. The number of carbonyl (C=O) groups is 2. The van der Waals surface area contributed by atoms with Gasteiger partial charge in [0.2, 0.25) is 18.6 Å². The molecule has 0 saturated heterocycles. The lowest BCUT2D eigenvalue weighted by molar-refractivity contribution is -0.123. The van der Waals surface area contributed by atoms with Gasteiger partial charge in [-0.3, -0.25) is 9.59 Å². The number of nitrogens with two attached hydrogens (primary N) is 1. The number of carbonyl (C=O) groups excluding carboxylic acids is 2. The molecule has 2 amide bonds. The van der Waals surface area contributed by atoms with Gasteiger partial charge in [-0.2, -0.15) is 0 Å². The van der Waals surface area contributed by atoms with E-state index in [2.05, 4.69) is 10.6 Å². The van der Waals surface area contributed by atoms with E-state index in [4.69, 9.17) is 15.2 Å². The number of hydrogen-bond donors (Lipinski definition) is 3. The summed E-state index contributed by atoms with van der Waals surface area (Å²) in [6.07, 6.45) is 8.75. The monoisotopic (exact) mass is 387 g/mol. The van der Waals surface area contributed by atoms with Crippen LogP contribution in [0.5, 0.6) is 11.5 Å². The van der Waals surface area contributed by atoms with Crippen LogP contribution >= 0.6 is 0 Å². The van der Waals surface area contributed by atoms with Gasteiger partial charge in [0.25, 0.3) is 0 Å². The van der Waals surface area contributed by atoms with Crippen molar-refractivity contribution in [1.29, 1.82) is 0 Å². The molecule has 0 unspecified atom stereocenters. The fourth-order valence-electron chi connectivity index (χ4n) is 4.56. The second kappa shape index (κ2) is 8.29. The fraction of sp³-hybridized carbons (Fsp3) is 0.619. The number of ether oxygens (including phenoxy) is 2. The number of hydrogen-bond acceptors (Lipinski definition) is 5. The van der Waals surface area contributed by atoms with Gasteiger partial charge in [0.1, 0.15) is 0 Å². The third-order valence-electron chi connectivity index (χ3n) is 6.21. The van der Waals surface area contributed by atoms with Crippen LogP contribution in [0.1, 0.15) is 57.8 Å². The SMILES string of the molecule is Nc1cc2c(cc1NC(=O)C1CCC(NC(=O)CC3CCCC3)CC1)OCO2. The Morgan fingerprint density at radius 1 is 1.00 bits per heavy atom. The van der Waals surface area contributed by atoms with Crippen molar-refractivity contribution in [3.63, 3.8) is 0 Å². The number of nitrogens with one attached hydrogen (secondary N) is 2. The molecular weight excluding hydrogens is 358 g/mol. The van der Waals surface area contributed by atoms with Crippen molar-refractivity contribution in [1.82, 2.24) is 5.32 Å². The third-order valence-corrected chi connectivity index (χ3v) is 6.21. The third kappa shape index (κ3) is 4.34. The Balaban J connectivity index is 1.24. The van der Waals surface area contributed by atoms with E-state index in [0.29, 0.717) is 35.2 Å². The molecule has 3 aliphatic rings. The highest BCUT2D eigenvalue weighted by Gasteiger charge is 2.28. The molecule has 1 aliphatic heterocycles. The standard InChI is InChI=1S/C21H29N3O4/c22-16-10-18-19(28-12-27-18)11-17(16)24-21(26)14-5-7-15(8-6-14)23-20(25)9-13-3-1-2-4-13/h10-11,13-15H,1-9,12,22H2,(H,23,25)(H,24,26). The van der Waals surface area contributed by atoms with Crippen LogP contribution in [0.3, 0.4) is 0 Å². The zero-order valence-corrected chi connectivity index (χ0v) is 16.2. The number of nitrogen functional groups attached to an aromatic ring is 1. The quantitative estimate of drug-likeness (QED) is 0.673. The van der Waals surface area contributed by atoms with Crippen molar-refractivity contribution < 1.29 is 19.1 Å². The Kier molecular flexibility index (Phi) is 5.59. The summed E-state index contributed by atoms with van der Waals surface area (Å²) in [5, 5.41) is 6.10. The van der Waals surface area contributed by atoms with Gasteiger partial charge in [-0.05, 0) is 44.4 Å². The molecule has 1 aromatic rings. The highest BCUT2D eigenvalue weighted by Crippen LogP contribution is 2.38. The van der Waals surface area contributed by atoms with Crippen molar-refractivity contribution in [3.8, 4) is 11.5 Å². The number of benzene rings is 1. The molecule has 7 nitrogen and oxygen atoms in total. The fourth-order valence-corrected chi connectivity index (χ4v) is 4.56. The van der Waals surface area contributed by atoms with E-state index >= 15 is 0 Å². The number of amides is 2. The van der Waals surface area contributed by atoms with E-state index in [0.717, 1.165) is 25.7 Å². The van der Waals surface area contributed by atoms with E-state index in [1.165, 1.54) is 25.7 Å². The van der Waals surface area contributed by atoms with Gasteiger partial charge in [0.05, 0.1) is 11.4 Å². The van der Waals surface area contributed by atoms with Crippen LogP contribution in [0.2, 0.25) is 0 Å². The Labute approximate surface area is 165 Å². The predicted octanol–water partition coefficient (Wildman–Crippen LogP) is 3.19. The lowest BCUT2D eigenvalue weighted by atomic mass is 9.85. The zero-order valence-electron chi connectivity index (χ0n) is 16.2. The molecule has 1 aromatic carbocycles. The van der Waals surface area contributed by atoms with Crippen LogP contribution in [-0.2, 0) is 9.59 Å². The molecule has 0 spiro atoms. The summed E-state index contributed by atoms with van der Waals surface area (Å²) < 4.78 is 10.6. The Morgan fingerprint density at radius 2 is 1.68 bits per heavy atom. The summed E-state index contributed by atoms with van der Waals surface area (Å²) in [5.74, 6) is 1.85. The van der Waals surface area contributed by atoms with Crippen LogP contribution in [0, 0.1) is 11.8 Å². The first kappa shape index (κ1) is 18.9. The van der Waals surface area contributed by atoms with E-state index < -0.39 is 0 Å². The van der Waals surface area contributed by atoms with Crippen molar-refractivity contribution in [2.75, 3.05) is 17.8 Å². The van der Waals surface area contributed by atoms with E-state index in [-0.39, 0.29) is 30.6 Å². The first-order chi connectivity index (χ1) is 13.6. The molecular formula is C21H29N3O4. The maximum atomic E-state index is 12.7. The Bertz CT molecular complexity index is 737. The topological polar surface area (TPSA) is 103 Å². The van der Waals surface area contributed by atoms with Gasteiger partial charge in [-0.1, -0.05) is 12.8 Å². The molecule has 0 atom stereocenters.